The minimum atomic E-state index is 0.697. The zero-order valence-electron chi connectivity index (χ0n) is 18.1. The number of hydrogen-bond acceptors (Lipinski definition) is 5. The third kappa shape index (κ3) is 3.81. The van der Waals surface area contributed by atoms with E-state index in [-0.39, 0.29) is 0 Å². The summed E-state index contributed by atoms with van der Waals surface area (Å²) in [6.07, 6.45) is 0. The predicted molar refractivity (Wildman–Crippen MR) is 133 cm³/mol. The number of hydrogen-bond donors (Lipinski definition) is 0. The first-order valence-corrected chi connectivity index (χ1v) is 11.6. The van der Waals surface area contributed by atoms with Crippen LogP contribution >= 0.6 is 11.6 Å². The Bertz CT molecular complexity index is 1410. The molecule has 1 aliphatic rings. The van der Waals surface area contributed by atoms with E-state index in [0.29, 0.717) is 5.02 Å². The van der Waals surface area contributed by atoms with Gasteiger partial charge in [-0.1, -0.05) is 71.4 Å². The van der Waals surface area contributed by atoms with Crippen molar-refractivity contribution in [3.05, 3.63) is 89.4 Å². The van der Waals surface area contributed by atoms with Crippen molar-refractivity contribution in [1.29, 1.82) is 0 Å². The van der Waals surface area contributed by atoms with Crippen molar-refractivity contribution in [3.8, 4) is 11.3 Å². The van der Waals surface area contributed by atoms with Gasteiger partial charge in [-0.25, -0.2) is 4.98 Å². The minimum Gasteiger partial charge on any atom is -0.353 e. The van der Waals surface area contributed by atoms with Gasteiger partial charge in [0, 0.05) is 48.7 Å². The molecule has 6 nitrogen and oxygen atoms in total. The van der Waals surface area contributed by atoms with Gasteiger partial charge >= 0.3 is 0 Å². The maximum atomic E-state index is 6.09. The second kappa shape index (κ2) is 8.46. The van der Waals surface area contributed by atoms with Crippen LogP contribution < -0.4 is 4.90 Å². The first kappa shape index (κ1) is 20.1. The summed E-state index contributed by atoms with van der Waals surface area (Å²) in [6.45, 7) is 4.83. The molecule has 164 valence electrons. The highest BCUT2D eigenvalue weighted by atomic mass is 35.5. The van der Waals surface area contributed by atoms with Gasteiger partial charge in [0.25, 0.3) is 0 Å². The molecule has 5 aromatic rings. The Labute approximate surface area is 197 Å². The van der Waals surface area contributed by atoms with Crippen LogP contribution in [0.4, 0.5) is 5.82 Å². The number of piperazine rings is 1. The summed E-state index contributed by atoms with van der Waals surface area (Å²) in [5.41, 5.74) is 4.85. The molecular formula is C26H23ClN6. The maximum absolute atomic E-state index is 6.09. The number of rotatable bonds is 4. The Kier molecular flexibility index (Phi) is 5.17. The Morgan fingerprint density at radius 1 is 0.788 bits per heavy atom. The molecule has 0 N–H and O–H groups in total. The number of anilines is 1. The largest absolute Gasteiger partial charge is 0.353 e. The average molecular weight is 455 g/mol. The summed E-state index contributed by atoms with van der Waals surface area (Å²) >= 11 is 6.09. The summed E-state index contributed by atoms with van der Waals surface area (Å²) in [7, 11) is 0. The zero-order chi connectivity index (χ0) is 22.2. The van der Waals surface area contributed by atoms with Crippen LogP contribution in [0.3, 0.4) is 0 Å². The number of aromatic nitrogens is 4. The molecular weight excluding hydrogens is 432 g/mol. The molecule has 2 aromatic heterocycles. The second-order valence-electron chi connectivity index (χ2n) is 8.38. The number of halogens is 1. The molecule has 0 amide bonds. The van der Waals surface area contributed by atoms with Gasteiger partial charge in [0.1, 0.15) is 11.5 Å². The van der Waals surface area contributed by atoms with Gasteiger partial charge in [0.05, 0.1) is 5.52 Å². The summed E-state index contributed by atoms with van der Waals surface area (Å²) in [5.74, 6) is 0.995. The molecule has 0 unspecified atom stereocenters. The summed E-state index contributed by atoms with van der Waals surface area (Å²) < 4.78 is 1.84. The Morgan fingerprint density at radius 2 is 1.52 bits per heavy atom. The molecule has 0 radical (unpaired) electrons. The normalized spacial score (nSPS) is 14.9. The molecule has 0 spiro atoms. The van der Waals surface area contributed by atoms with Gasteiger partial charge in [0.15, 0.2) is 5.65 Å². The van der Waals surface area contributed by atoms with Crippen LogP contribution in [-0.2, 0) is 6.54 Å². The Morgan fingerprint density at radius 3 is 2.30 bits per heavy atom. The van der Waals surface area contributed by atoms with Crippen molar-refractivity contribution in [1.82, 2.24) is 24.7 Å². The summed E-state index contributed by atoms with van der Waals surface area (Å²) in [5, 5.41) is 10.7. The third-order valence-corrected chi connectivity index (χ3v) is 6.52. The number of para-hydroxylation sites is 1. The lowest BCUT2D eigenvalue weighted by molar-refractivity contribution is 0.249. The van der Waals surface area contributed by atoms with E-state index < -0.39 is 0 Å². The first-order valence-electron chi connectivity index (χ1n) is 11.2. The van der Waals surface area contributed by atoms with E-state index in [1.165, 1.54) is 5.56 Å². The lowest BCUT2D eigenvalue weighted by atomic mass is 10.1. The van der Waals surface area contributed by atoms with E-state index >= 15 is 0 Å². The molecule has 3 heterocycles. The van der Waals surface area contributed by atoms with Crippen LogP contribution in [0.2, 0.25) is 5.02 Å². The fourth-order valence-corrected chi connectivity index (χ4v) is 4.67. The molecule has 33 heavy (non-hydrogen) atoms. The van der Waals surface area contributed by atoms with Crippen LogP contribution in [0, 0.1) is 0 Å². The molecule has 0 saturated carbocycles. The zero-order valence-corrected chi connectivity index (χ0v) is 18.9. The smallest absolute Gasteiger partial charge is 0.186 e. The fourth-order valence-electron chi connectivity index (χ4n) is 4.54. The molecule has 0 bridgehead atoms. The Balaban J connectivity index is 1.35. The predicted octanol–water partition coefficient (Wildman–Crippen LogP) is 4.92. The Hall–Kier alpha value is -3.48. The molecule has 3 aromatic carbocycles. The highest BCUT2D eigenvalue weighted by Crippen LogP contribution is 2.31. The number of fused-ring (bicyclic) bond motifs is 3. The highest BCUT2D eigenvalue weighted by molar-refractivity contribution is 6.30. The monoisotopic (exact) mass is 454 g/mol. The lowest BCUT2D eigenvalue weighted by Gasteiger charge is -2.36. The van der Waals surface area contributed by atoms with Crippen molar-refractivity contribution in [2.24, 2.45) is 0 Å². The second-order valence-corrected chi connectivity index (χ2v) is 8.82. The van der Waals surface area contributed by atoms with Gasteiger partial charge in [0.2, 0.25) is 0 Å². The molecule has 1 fully saturated rings. The molecule has 1 aliphatic heterocycles. The molecule has 0 aliphatic carbocycles. The van der Waals surface area contributed by atoms with E-state index in [1.807, 2.05) is 34.8 Å². The van der Waals surface area contributed by atoms with Crippen molar-refractivity contribution in [3.63, 3.8) is 0 Å². The van der Waals surface area contributed by atoms with Crippen LogP contribution in [-0.4, -0.2) is 50.9 Å². The van der Waals surface area contributed by atoms with Crippen LogP contribution in [0.15, 0.2) is 78.9 Å². The molecule has 7 heteroatoms. The van der Waals surface area contributed by atoms with Crippen molar-refractivity contribution in [2.45, 2.75) is 6.54 Å². The summed E-state index contributed by atoms with van der Waals surface area (Å²) in [4.78, 5) is 10.0. The number of benzene rings is 3. The fraction of sp³-hybridized carbons (Fsp3) is 0.192. The lowest BCUT2D eigenvalue weighted by Crippen LogP contribution is -2.46. The van der Waals surface area contributed by atoms with Crippen LogP contribution in [0.5, 0.6) is 0 Å². The van der Waals surface area contributed by atoms with E-state index in [1.54, 1.807) is 0 Å². The van der Waals surface area contributed by atoms with E-state index in [9.17, 15) is 0 Å². The maximum Gasteiger partial charge on any atom is 0.186 e. The standard InChI is InChI=1S/C26H23ClN6/c27-21-12-10-20(11-13-21)24-26-28-25(22-8-4-5-9-23(22)33(26)30-29-24)32-16-14-31(15-17-32)18-19-6-2-1-3-7-19/h1-13H,14-18H2. The van der Waals surface area contributed by atoms with Gasteiger partial charge in [-0.05, 0) is 29.8 Å². The third-order valence-electron chi connectivity index (χ3n) is 6.27. The van der Waals surface area contributed by atoms with E-state index in [4.69, 9.17) is 16.6 Å². The topological polar surface area (TPSA) is 49.6 Å². The van der Waals surface area contributed by atoms with Crippen molar-refractivity contribution < 1.29 is 0 Å². The van der Waals surface area contributed by atoms with Gasteiger partial charge < -0.3 is 4.90 Å². The van der Waals surface area contributed by atoms with Crippen molar-refractivity contribution in [2.75, 3.05) is 31.1 Å². The SMILES string of the molecule is Clc1ccc(-c2nnn3c2nc(N2CCN(Cc4ccccc4)CC2)c2ccccc23)cc1. The van der Waals surface area contributed by atoms with Gasteiger partial charge in [-0.3, -0.25) is 4.90 Å². The number of nitrogens with zero attached hydrogens (tertiary/aromatic N) is 6. The average Bonchev–Trinajstić information content (AvgIpc) is 3.29. The van der Waals surface area contributed by atoms with Crippen molar-refractivity contribution >= 4 is 34.0 Å². The highest BCUT2D eigenvalue weighted by Gasteiger charge is 2.23. The van der Waals surface area contributed by atoms with Gasteiger partial charge in [-0.15, -0.1) is 5.10 Å². The molecule has 6 rings (SSSR count). The molecule has 1 saturated heterocycles. The van der Waals surface area contributed by atoms with E-state index in [0.717, 1.165) is 66.3 Å². The first-order chi connectivity index (χ1) is 16.3. The van der Waals surface area contributed by atoms with Crippen LogP contribution in [0.1, 0.15) is 5.56 Å². The molecule has 0 atom stereocenters. The minimum absolute atomic E-state index is 0.697. The van der Waals surface area contributed by atoms with E-state index in [2.05, 4.69) is 68.6 Å². The summed E-state index contributed by atoms with van der Waals surface area (Å²) in [6, 6.07) is 26.6. The quantitative estimate of drug-likeness (QED) is 0.386. The van der Waals surface area contributed by atoms with Gasteiger partial charge in [-0.2, -0.15) is 4.52 Å². The van der Waals surface area contributed by atoms with Crippen LogP contribution in [0.25, 0.3) is 27.8 Å².